The van der Waals surface area contributed by atoms with E-state index in [-0.39, 0.29) is 16.2 Å². The molecule has 9 heteroatoms. The molecule has 0 aliphatic carbocycles. The SMILES string of the molecule is Cc1cccc(NS(=O)(=O)c2ccc(C)c(C(=O)NNC(=O)c3ccccn3)c2)c1. The monoisotopic (exact) mass is 424 g/mol. The van der Waals surface area contributed by atoms with Crippen LogP contribution in [0, 0.1) is 13.8 Å². The number of carbonyl (C=O) groups excluding carboxylic acids is 2. The maximum Gasteiger partial charge on any atom is 0.288 e. The first-order valence-electron chi connectivity index (χ1n) is 8.98. The van der Waals surface area contributed by atoms with Crippen LogP contribution in [-0.4, -0.2) is 25.2 Å². The molecule has 3 aromatic rings. The van der Waals surface area contributed by atoms with Crippen LogP contribution < -0.4 is 15.6 Å². The molecule has 3 N–H and O–H groups in total. The van der Waals surface area contributed by atoms with Gasteiger partial charge in [0.25, 0.3) is 21.8 Å². The van der Waals surface area contributed by atoms with Gasteiger partial charge in [-0.2, -0.15) is 0 Å². The van der Waals surface area contributed by atoms with Crippen molar-refractivity contribution in [2.45, 2.75) is 18.7 Å². The van der Waals surface area contributed by atoms with Crippen molar-refractivity contribution in [2.24, 2.45) is 0 Å². The minimum atomic E-state index is -3.90. The second kappa shape index (κ2) is 8.75. The highest BCUT2D eigenvalue weighted by molar-refractivity contribution is 7.92. The smallest absolute Gasteiger partial charge is 0.280 e. The Hall–Kier alpha value is -3.72. The first-order valence-corrected chi connectivity index (χ1v) is 10.5. The molecule has 0 bridgehead atoms. The van der Waals surface area contributed by atoms with Crippen LogP contribution in [0.1, 0.15) is 32.0 Å². The Morgan fingerprint density at radius 3 is 2.33 bits per heavy atom. The fraction of sp³-hybridized carbons (Fsp3) is 0.0952. The third-order valence-corrected chi connectivity index (χ3v) is 5.60. The number of hydrazine groups is 1. The van der Waals surface area contributed by atoms with Crippen LogP contribution >= 0.6 is 0 Å². The van der Waals surface area contributed by atoms with Crippen molar-refractivity contribution in [1.29, 1.82) is 0 Å². The molecule has 0 unspecified atom stereocenters. The minimum absolute atomic E-state index is 0.0733. The number of nitrogens with zero attached hydrogens (tertiary/aromatic N) is 1. The largest absolute Gasteiger partial charge is 0.288 e. The summed E-state index contributed by atoms with van der Waals surface area (Å²) in [5, 5.41) is 0. The Balaban J connectivity index is 1.77. The van der Waals surface area contributed by atoms with E-state index in [4.69, 9.17) is 0 Å². The summed E-state index contributed by atoms with van der Waals surface area (Å²) in [5.41, 5.74) is 6.67. The lowest BCUT2D eigenvalue weighted by molar-refractivity contribution is 0.0843. The predicted molar refractivity (Wildman–Crippen MR) is 112 cm³/mol. The van der Waals surface area contributed by atoms with Gasteiger partial charge in [-0.05, 0) is 61.4 Å². The topological polar surface area (TPSA) is 117 Å². The summed E-state index contributed by atoms with van der Waals surface area (Å²) >= 11 is 0. The van der Waals surface area contributed by atoms with Crippen molar-refractivity contribution in [1.82, 2.24) is 15.8 Å². The Morgan fingerprint density at radius 1 is 0.867 bits per heavy atom. The number of hydrogen-bond donors (Lipinski definition) is 3. The summed E-state index contributed by atoms with van der Waals surface area (Å²) in [5.74, 6) is -1.24. The number of rotatable bonds is 5. The van der Waals surface area contributed by atoms with Crippen molar-refractivity contribution >= 4 is 27.5 Å². The standard InChI is InChI=1S/C21H20N4O4S/c1-14-6-5-7-16(12-14)25-30(28,29)17-10-9-15(2)18(13-17)20(26)23-24-21(27)19-8-3-4-11-22-19/h3-13,25H,1-2H3,(H,23,26)(H,24,27). The first-order chi connectivity index (χ1) is 14.3. The molecular formula is C21H20N4O4S. The Bertz CT molecular complexity index is 1190. The van der Waals surface area contributed by atoms with Gasteiger partial charge in [0.1, 0.15) is 5.69 Å². The van der Waals surface area contributed by atoms with E-state index in [1.54, 1.807) is 37.3 Å². The van der Waals surface area contributed by atoms with E-state index in [1.165, 1.54) is 30.5 Å². The molecule has 0 fully saturated rings. The van der Waals surface area contributed by atoms with Gasteiger partial charge < -0.3 is 0 Å². The maximum atomic E-state index is 12.7. The van der Waals surface area contributed by atoms with E-state index >= 15 is 0 Å². The zero-order chi connectivity index (χ0) is 21.7. The van der Waals surface area contributed by atoms with E-state index in [0.29, 0.717) is 11.3 Å². The van der Waals surface area contributed by atoms with Crippen LogP contribution in [0.2, 0.25) is 0 Å². The van der Waals surface area contributed by atoms with Gasteiger partial charge in [-0.1, -0.05) is 24.3 Å². The average molecular weight is 424 g/mol. The lowest BCUT2D eigenvalue weighted by atomic mass is 10.1. The zero-order valence-corrected chi connectivity index (χ0v) is 17.2. The Labute approximate surface area is 174 Å². The third kappa shape index (κ3) is 5.00. The van der Waals surface area contributed by atoms with E-state index < -0.39 is 21.8 Å². The van der Waals surface area contributed by atoms with Gasteiger partial charge in [0.05, 0.1) is 4.90 Å². The minimum Gasteiger partial charge on any atom is -0.280 e. The molecule has 0 saturated carbocycles. The fourth-order valence-corrected chi connectivity index (χ4v) is 3.75. The number of nitrogens with one attached hydrogen (secondary N) is 3. The zero-order valence-electron chi connectivity index (χ0n) is 16.3. The molecule has 30 heavy (non-hydrogen) atoms. The number of pyridine rings is 1. The number of benzene rings is 2. The molecule has 2 amide bonds. The summed E-state index contributed by atoms with van der Waals surface area (Å²) in [7, 11) is -3.90. The lowest BCUT2D eigenvalue weighted by Gasteiger charge is -2.12. The molecule has 0 aliphatic heterocycles. The molecule has 1 aromatic heterocycles. The fourth-order valence-electron chi connectivity index (χ4n) is 2.68. The molecule has 3 rings (SSSR count). The number of aryl methyl sites for hydroxylation is 2. The molecule has 1 heterocycles. The van der Waals surface area contributed by atoms with Crippen molar-refractivity contribution in [3.8, 4) is 0 Å². The molecule has 8 nitrogen and oxygen atoms in total. The van der Waals surface area contributed by atoms with Crippen LogP contribution in [0.4, 0.5) is 5.69 Å². The number of amides is 2. The van der Waals surface area contributed by atoms with E-state index in [0.717, 1.165) is 5.56 Å². The van der Waals surface area contributed by atoms with Gasteiger partial charge in [0, 0.05) is 17.4 Å². The molecule has 154 valence electrons. The quantitative estimate of drug-likeness (QED) is 0.544. The van der Waals surface area contributed by atoms with Crippen molar-refractivity contribution in [3.05, 3.63) is 89.2 Å². The highest BCUT2D eigenvalue weighted by atomic mass is 32.2. The normalized spacial score (nSPS) is 10.9. The maximum absolute atomic E-state index is 12.7. The van der Waals surface area contributed by atoms with Gasteiger partial charge in [-0.25, -0.2) is 8.42 Å². The van der Waals surface area contributed by atoms with Crippen LogP contribution in [0.25, 0.3) is 0 Å². The van der Waals surface area contributed by atoms with Gasteiger partial charge in [0.2, 0.25) is 0 Å². The van der Waals surface area contributed by atoms with Gasteiger partial charge in [-0.3, -0.25) is 30.1 Å². The Kier molecular flexibility index (Phi) is 6.12. The van der Waals surface area contributed by atoms with Crippen molar-refractivity contribution in [3.63, 3.8) is 0 Å². The molecule has 2 aromatic carbocycles. The van der Waals surface area contributed by atoms with E-state index in [1.807, 2.05) is 13.0 Å². The molecular weight excluding hydrogens is 404 g/mol. The van der Waals surface area contributed by atoms with E-state index in [2.05, 4.69) is 20.6 Å². The average Bonchev–Trinajstić information content (AvgIpc) is 2.72. The summed E-state index contributed by atoms with van der Waals surface area (Å²) in [6.45, 7) is 3.52. The van der Waals surface area contributed by atoms with E-state index in [9.17, 15) is 18.0 Å². The number of sulfonamides is 1. The molecule has 0 radical (unpaired) electrons. The highest BCUT2D eigenvalue weighted by Crippen LogP contribution is 2.20. The number of aromatic nitrogens is 1. The van der Waals surface area contributed by atoms with Gasteiger partial charge in [0.15, 0.2) is 0 Å². The van der Waals surface area contributed by atoms with Crippen molar-refractivity contribution in [2.75, 3.05) is 4.72 Å². The summed E-state index contributed by atoms with van der Waals surface area (Å²) in [6.07, 6.45) is 1.45. The molecule has 0 spiro atoms. The van der Waals surface area contributed by atoms with Gasteiger partial charge >= 0.3 is 0 Å². The van der Waals surface area contributed by atoms with Crippen LogP contribution in [-0.2, 0) is 10.0 Å². The number of hydrogen-bond acceptors (Lipinski definition) is 5. The highest BCUT2D eigenvalue weighted by Gasteiger charge is 2.19. The van der Waals surface area contributed by atoms with Gasteiger partial charge in [-0.15, -0.1) is 0 Å². The lowest BCUT2D eigenvalue weighted by Crippen LogP contribution is -2.42. The second-order valence-electron chi connectivity index (χ2n) is 6.57. The van der Waals surface area contributed by atoms with Crippen molar-refractivity contribution < 1.29 is 18.0 Å². The number of carbonyl (C=O) groups is 2. The first kappa shape index (κ1) is 21.0. The van der Waals surface area contributed by atoms with Crippen LogP contribution in [0.15, 0.2) is 71.8 Å². The summed E-state index contributed by atoms with van der Waals surface area (Å²) in [4.78, 5) is 28.4. The second-order valence-corrected chi connectivity index (χ2v) is 8.26. The number of anilines is 1. The predicted octanol–water partition coefficient (Wildman–Crippen LogP) is 2.57. The molecule has 0 aliphatic rings. The van der Waals surface area contributed by atoms with Crippen LogP contribution in [0.3, 0.4) is 0 Å². The molecule has 0 saturated heterocycles. The molecule has 0 atom stereocenters. The third-order valence-electron chi connectivity index (χ3n) is 4.22. The Morgan fingerprint density at radius 2 is 1.63 bits per heavy atom. The summed E-state index contributed by atoms with van der Waals surface area (Å²) < 4.78 is 28.0. The van der Waals surface area contributed by atoms with Crippen LogP contribution in [0.5, 0.6) is 0 Å². The summed E-state index contributed by atoms with van der Waals surface area (Å²) in [6, 6.07) is 15.9.